The number of carbonyl (C=O) groups is 2. The van der Waals surface area contributed by atoms with Crippen molar-refractivity contribution in [3.05, 3.63) is 22.8 Å². The van der Waals surface area contributed by atoms with Crippen LogP contribution in [0, 0.1) is 6.92 Å². The van der Waals surface area contributed by atoms with Crippen LogP contribution in [0.4, 0.5) is 0 Å². The quantitative estimate of drug-likeness (QED) is 0.526. The van der Waals surface area contributed by atoms with Crippen LogP contribution in [-0.2, 0) is 0 Å². The summed E-state index contributed by atoms with van der Waals surface area (Å²) in [6.07, 6.45) is 0.925. The minimum Gasteiger partial charge on any atom is -0.504 e. The van der Waals surface area contributed by atoms with Crippen molar-refractivity contribution in [3.63, 3.8) is 0 Å². The highest BCUT2D eigenvalue weighted by Crippen LogP contribution is 2.31. The van der Waals surface area contributed by atoms with Crippen LogP contribution >= 0.6 is 0 Å². The van der Waals surface area contributed by atoms with Gasteiger partial charge in [0.05, 0.1) is 0 Å². The van der Waals surface area contributed by atoms with Crippen LogP contribution in [0.5, 0.6) is 11.5 Å². The molecule has 4 nitrogen and oxygen atoms in total. The van der Waals surface area contributed by atoms with Crippen LogP contribution in [0.2, 0.25) is 0 Å². The Balaban J connectivity index is 3.56. The zero-order chi connectivity index (χ0) is 10.0. The summed E-state index contributed by atoms with van der Waals surface area (Å²) in [7, 11) is 0. The maximum absolute atomic E-state index is 10.5. The van der Waals surface area contributed by atoms with E-state index >= 15 is 0 Å². The Kier molecular flexibility index (Phi) is 2.32. The number of hydrogen-bond acceptors (Lipinski definition) is 4. The molecule has 0 bridgehead atoms. The Hall–Kier alpha value is -1.84. The first-order chi connectivity index (χ1) is 6.11. The van der Waals surface area contributed by atoms with Gasteiger partial charge in [0.25, 0.3) is 0 Å². The van der Waals surface area contributed by atoms with Gasteiger partial charge in [0.15, 0.2) is 24.1 Å². The molecule has 0 radical (unpaired) electrons. The molecule has 4 heteroatoms. The molecule has 0 atom stereocenters. The van der Waals surface area contributed by atoms with E-state index in [2.05, 4.69) is 0 Å². The lowest BCUT2D eigenvalue weighted by molar-refractivity contribution is 0.109. The smallest absolute Gasteiger partial charge is 0.161 e. The van der Waals surface area contributed by atoms with E-state index in [1.165, 1.54) is 6.92 Å². The molecule has 1 aromatic rings. The molecule has 0 heterocycles. The summed E-state index contributed by atoms with van der Waals surface area (Å²) in [5.74, 6) is -0.766. The lowest BCUT2D eigenvalue weighted by Crippen LogP contribution is -1.95. The number of aldehydes is 2. The fourth-order valence-corrected chi connectivity index (χ4v) is 1.08. The number of carbonyl (C=O) groups excluding carboxylic acids is 2. The highest BCUT2D eigenvalue weighted by atomic mass is 16.3. The Morgan fingerprint density at radius 3 is 2.31 bits per heavy atom. The second-order valence-electron chi connectivity index (χ2n) is 2.61. The lowest BCUT2D eigenvalue weighted by atomic mass is 10.0. The fraction of sp³-hybridized carbons (Fsp3) is 0.111. The lowest BCUT2D eigenvalue weighted by Gasteiger charge is -2.06. The van der Waals surface area contributed by atoms with Gasteiger partial charge in [-0.15, -0.1) is 0 Å². The molecule has 0 amide bonds. The maximum Gasteiger partial charge on any atom is 0.161 e. The van der Waals surface area contributed by atoms with Crippen LogP contribution in [0.15, 0.2) is 6.07 Å². The molecule has 0 aliphatic rings. The summed E-state index contributed by atoms with van der Waals surface area (Å²) in [6.45, 7) is 1.45. The molecule has 0 aliphatic carbocycles. The van der Waals surface area contributed by atoms with E-state index in [1.807, 2.05) is 0 Å². The standard InChI is InChI=1S/C9H8O4/c1-5-7(4-11)6(3-10)2-8(12)9(5)13/h2-4,12-13H,1H3. The van der Waals surface area contributed by atoms with E-state index in [0.717, 1.165) is 6.07 Å². The van der Waals surface area contributed by atoms with Gasteiger partial charge in [-0.1, -0.05) is 0 Å². The van der Waals surface area contributed by atoms with Crippen LogP contribution in [0.25, 0.3) is 0 Å². The fourth-order valence-electron chi connectivity index (χ4n) is 1.08. The Morgan fingerprint density at radius 1 is 1.23 bits per heavy atom. The van der Waals surface area contributed by atoms with E-state index in [1.54, 1.807) is 0 Å². The van der Waals surface area contributed by atoms with E-state index in [-0.39, 0.29) is 22.4 Å². The summed E-state index contributed by atoms with van der Waals surface area (Å²) >= 11 is 0. The predicted octanol–water partition coefficient (Wildman–Crippen LogP) is 1.03. The molecule has 0 saturated carbocycles. The van der Waals surface area contributed by atoms with E-state index in [0.29, 0.717) is 12.6 Å². The van der Waals surface area contributed by atoms with Crippen LogP contribution in [0.1, 0.15) is 26.3 Å². The minimum atomic E-state index is -0.398. The molecule has 0 spiro atoms. The first kappa shape index (κ1) is 9.25. The summed E-state index contributed by atoms with van der Waals surface area (Å²) in [5.41, 5.74) is 0.380. The maximum atomic E-state index is 10.5. The zero-order valence-electron chi connectivity index (χ0n) is 6.94. The number of benzene rings is 1. The third-order valence-corrected chi connectivity index (χ3v) is 1.85. The SMILES string of the molecule is Cc1c(O)c(O)cc(C=O)c1C=O. The molecular formula is C9H8O4. The minimum absolute atomic E-state index is 0.0720. The van der Waals surface area contributed by atoms with Gasteiger partial charge >= 0.3 is 0 Å². The van der Waals surface area contributed by atoms with Gasteiger partial charge in [-0.2, -0.15) is 0 Å². The van der Waals surface area contributed by atoms with Crippen LogP contribution in [-0.4, -0.2) is 22.8 Å². The van der Waals surface area contributed by atoms with Crippen LogP contribution in [0.3, 0.4) is 0 Å². The summed E-state index contributed by atoms with van der Waals surface area (Å²) in [5, 5.41) is 18.3. The molecule has 0 aliphatic heterocycles. The highest BCUT2D eigenvalue weighted by Gasteiger charge is 2.12. The topological polar surface area (TPSA) is 74.6 Å². The van der Waals surface area contributed by atoms with Gasteiger partial charge in [-0.25, -0.2) is 0 Å². The first-order valence-electron chi connectivity index (χ1n) is 3.57. The largest absolute Gasteiger partial charge is 0.504 e. The van der Waals surface area contributed by atoms with E-state index < -0.39 is 5.75 Å². The molecule has 1 rings (SSSR count). The summed E-state index contributed by atoms with van der Waals surface area (Å²) < 4.78 is 0. The number of aromatic hydroxyl groups is 2. The number of rotatable bonds is 2. The molecule has 0 aromatic heterocycles. The van der Waals surface area contributed by atoms with Crippen molar-refractivity contribution in [2.24, 2.45) is 0 Å². The summed E-state index contributed by atoms with van der Waals surface area (Å²) in [6, 6.07) is 1.05. The first-order valence-corrected chi connectivity index (χ1v) is 3.57. The van der Waals surface area contributed by atoms with Crippen LogP contribution < -0.4 is 0 Å². The second-order valence-corrected chi connectivity index (χ2v) is 2.61. The molecule has 0 saturated heterocycles. The molecule has 2 N–H and O–H groups in total. The average molecular weight is 180 g/mol. The van der Waals surface area contributed by atoms with Crippen molar-refractivity contribution in [3.8, 4) is 11.5 Å². The number of phenolic OH excluding ortho intramolecular Hbond substituents is 2. The van der Waals surface area contributed by atoms with Gasteiger partial charge in [0.1, 0.15) is 0 Å². The highest BCUT2D eigenvalue weighted by molar-refractivity contribution is 5.93. The van der Waals surface area contributed by atoms with Crippen molar-refractivity contribution in [2.75, 3.05) is 0 Å². The van der Waals surface area contributed by atoms with Gasteiger partial charge in [0.2, 0.25) is 0 Å². The van der Waals surface area contributed by atoms with Crippen molar-refractivity contribution in [1.29, 1.82) is 0 Å². The van der Waals surface area contributed by atoms with Crippen molar-refractivity contribution >= 4 is 12.6 Å². The Labute approximate surface area is 74.4 Å². The van der Waals surface area contributed by atoms with Gasteiger partial charge < -0.3 is 10.2 Å². The zero-order valence-corrected chi connectivity index (χ0v) is 6.94. The van der Waals surface area contributed by atoms with Gasteiger partial charge in [0, 0.05) is 16.7 Å². The van der Waals surface area contributed by atoms with E-state index in [4.69, 9.17) is 5.11 Å². The second kappa shape index (κ2) is 3.26. The van der Waals surface area contributed by atoms with Crippen molar-refractivity contribution in [2.45, 2.75) is 6.92 Å². The molecule has 13 heavy (non-hydrogen) atoms. The number of hydrogen-bond donors (Lipinski definition) is 2. The van der Waals surface area contributed by atoms with Gasteiger partial charge in [-0.3, -0.25) is 9.59 Å². The summed E-state index contributed by atoms with van der Waals surface area (Å²) in [4.78, 5) is 21.0. The van der Waals surface area contributed by atoms with Crippen molar-refractivity contribution in [1.82, 2.24) is 0 Å². The van der Waals surface area contributed by atoms with Gasteiger partial charge in [-0.05, 0) is 13.0 Å². The molecular weight excluding hydrogens is 172 g/mol. The predicted molar refractivity (Wildman–Crippen MR) is 45.3 cm³/mol. The average Bonchev–Trinajstić information content (AvgIpc) is 2.13. The monoisotopic (exact) mass is 180 g/mol. The number of phenols is 2. The Bertz CT molecular complexity index is 368. The molecule has 0 fully saturated rings. The normalized spacial score (nSPS) is 9.62. The molecule has 1 aromatic carbocycles. The van der Waals surface area contributed by atoms with E-state index in [9.17, 15) is 14.7 Å². The molecule has 0 unspecified atom stereocenters. The van der Waals surface area contributed by atoms with Crippen molar-refractivity contribution < 1.29 is 19.8 Å². The third-order valence-electron chi connectivity index (χ3n) is 1.85. The Morgan fingerprint density at radius 2 is 1.85 bits per heavy atom. The third kappa shape index (κ3) is 1.38. The molecule has 68 valence electrons.